The quantitative estimate of drug-likeness (QED) is 0.622. The first-order valence-corrected chi connectivity index (χ1v) is 10.1. The van der Waals surface area contributed by atoms with Crippen molar-refractivity contribution in [1.29, 1.82) is 0 Å². The van der Waals surface area contributed by atoms with Crippen molar-refractivity contribution in [2.24, 2.45) is 5.41 Å². The van der Waals surface area contributed by atoms with Gasteiger partial charge in [-0.05, 0) is 37.2 Å². The largest absolute Gasteiger partial charge is 0.469 e. The zero-order valence-electron chi connectivity index (χ0n) is 19.5. The topological polar surface area (TPSA) is 53.8 Å². The molecule has 0 N–H and O–H groups in total. The number of hydrogen-bond acceptors (Lipinski definition) is 4. The SMILES string of the molecule is [3H]C([3H])([3H])N1C(=O)[C@@]2(c3ccccc31)N(C)C[C@@H](c1ccco1)[C@@]21Cc2ccccc2C1=O. The minimum absolute atomic E-state index is 0.139. The summed E-state index contributed by atoms with van der Waals surface area (Å²) >= 11 is 0. The van der Waals surface area contributed by atoms with Crippen molar-refractivity contribution >= 4 is 17.4 Å². The van der Waals surface area contributed by atoms with E-state index < -0.39 is 29.8 Å². The van der Waals surface area contributed by atoms with Crippen LogP contribution in [0.15, 0.2) is 71.3 Å². The normalized spacial score (nSPS) is 31.8. The predicted octanol–water partition coefficient (Wildman–Crippen LogP) is 3.61. The second kappa shape index (κ2) is 5.70. The minimum atomic E-state index is -2.68. The maximum Gasteiger partial charge on any atom is 0.253 e. The maximum atomic E-state index is 14.4. The van der Waals surface area contributed by atoms with Crippen molar-refractivity contribution in [1.82, 2.24) is 4.90 Å². The highest BCUT2D eigenvalue weighted by molar-refractivity contribution is 6.16. The highest BCUT2D eigenvalue weighted by Crippen LogP contribution is 2.67. The van der Waals surface area contributed by atoms with Crippen molar-refractivity contribution in [3.05, 3.63) is 89.4 Å². The molecule has 6 rings (SSSR count). The number of fused-ring (bicyclic) bond motifs is 4. The Labute approximate surface area is 179 Å². The lowest BCUT2D eigenvalue weighted by Crippen LogP contribution is -2.59. The Balaban J connectivity index is 1.70. The third kappa shape index (κ3) is 1.75. The van der Waals surface area contributed by atoms with Crippen LogP contribution in [-0.2, 0) is 16.8 Å². The van der Waals surface area contributed by atoms with Crippen LogP contribution in [-0.4, -0.2) is 37.2 Å². The van der Waals surface area contributed by atoms with E-state index in [0.717, 1.165) is 10.5 Å². The number of nitrogens with zero attached hydrogens (tertiary/aromatic N) is 2. The molecule has 3 aromatic rings. The Morgan fingerprint density at radius 3 is 2.63 bits per heavy atom. The second-order valence-corrected chi connectivity index (χ2v) is 8.45. The lowest BCUT2D eigenvalue weighted by Gasteiger charge is -2.43. The van der Waals surface area contributed by atoms with Crippen molar-refractivity contribution in [2.75, 3.05) is 25.5 Å². The third-order valence-corrected chi connectivity index (χ3v) is 7.34. The molecule has 30 heavy (non-hydrogen) atoms. The van der Waals surface area contributed by atoms with Gasteiger partial charge in [-0.2, -0.15) is 0 Å². The summed E-state index contributed by atoms with van der Waals surface area (Å²) in [5.41, 5.74) is -0.365. The van der Waals surface area contributed by atoms with E-state index >= 15 is 0 Å². The van der Waals surface area contributed by atoms with E-state index in [1.807, 2.05) is 29.2 Å². The Kier molecular flexibility index (Phi) is 2.80. The predicted molar refractivity (Wildman–Crippen MR) is 113 cm³/mol. The van der Waals surface area contributed by atoms with Crippen LogP contribution in [0.3, 0.4) is 0 Å². The first-order chi connectivity index (χ1) is 15.7. The minimum Gasteiger partial charge on any atom is -0.469 e. The summed E-state index contributed by atoms with van der Waals surface area (Å²) in [6.07, 6.45) is 1.90. The van der Waals surface area contributed by atoms with Crippen LogP contribution in [0.5, 0.6) is 0 Å². The maximum absolute atomic E-state index is 14.4. The molecule has 5 heteroatoms. The highest BCUT2D eigenvalue weighted by atomic mass is 16.3. The van der Waals surface area contributed by atoms with E-state index in [4.69, 9.17) is 8.53 Å². The number of Topliss-reactive ketones (excluding diaryl/α,β-unsaturated/α-hetero) is 1. The van der Waals surface area contributed by atoms with Crippen molar-refractivity contribution in [2.45, 2.75) is 17.9 Å². The van der Waals surface area contributed by atoms with Gasteiger partial charge in [-0.1, -0.05) is 42.5 Å². The van der Waals surface area contributed by atoms with E-state index in [9.17, 15) is 9.59 Å². The van der Waals surface area contributed by atoms with Gasteiger partial charge in [0.1, 0.15) is 11.3 Å². The number of para-hydroxylation sites is 1. The number of carbonyl (C=O) groups is 2. The average Bonchev–Trinajstić information content (AvgIpc) is 3.51. The molecule has 5 nitrogen and oxygen atoms in total. The molecule has 2 aromatic carbocycles. The van der Waals surface area contributed by atoms with Gasteiger partial charge in [0.05, 0.1) is 11.7 Å². The second-order valence-electron chi connectivity index (χ2n) is 8.45. The molecule has 0 unspecified atom stereocenters. The fourth-order valence-corrected chi connectivity index (χ4v) is 6.23. The first kappa shape index (κ1) is 14.7. The molecular weight excluding hydrogens is 376 g/mol. The van der Waals surface area contributed by atoms with Crippen LogP contribution in [0.2, 0.25) is 0 Å². The molecule has 3 heterocycles. The molecule has 0 radical (unpaired) electrons. The van der Waals surface area contributed by atoms with E-state index in [1.54, 1.807) is 49.7 Å². The number of likely N-dealkylation sites (N-methyl/N-ethyl adjacent to an activating group) is 2. The Hall–Kier alpha value is -3.18. The van der Waals surface area contributed by atoms with Crippen LogP contribution < -0.4 is 4.90 Å². The van der Waals surface area contributed by atoms with Gasteiger partial charge in [-0.15, -0.1) is 0 Å². The van der Waals surface area contributed by atoms with Crippen LogP contribution in [0.25, 0.3) is 0 Å². The van der Waals surface area contributed by atoms with Crippen LogP contribution in [0, 0.1) is 5.41 Å². The van der Waals surface area contributed by atoms with Gasteiger partial charge in [-0.25, -0.2) is 0 Å². The zero-order chi connectivity index (χ0) is 23.2. The van der Waals surface area contributed by atoms with Gasteiger partial charge < -0.3 is 9.32 Å². The highest BCUT2D eigenvalue weighted by Gasteiger charge is 2.76. The lowest BCUT2D eigenvalue weighted by molar-refractivity contribution is -0.132. The van der Waals surface area contributed by atoms with Crippen LogP contribution in [0.4, 0.5) is 5.69 Å². The average molecular weight is 404 g/mol. The van der Waals surface area contributed by atoms with Gasteiger partial charge in [0, 0.05) is 40.4 Å². The van der Waals surface area contributed by atoms with Gasteiger partial charge in [0.25, 0.3) is 5.91 Å². The number of amides is 1. The number of ketones is 1. The first-order valence-electron chi connectivity index (χ1n) is 11.6. The number of carbonyl (C=O) groups excluding carboxylic acids is 2. The number of benzene rings is 2. The fourth-order valence-electron chi connectivity index (χ4n) is 6.23. The number of rotatable bonds is 1. The molecule has 1 fully saturated rings. The molecular formula is C25H22N2O3. The van der Waals surface area contributed by atoms with E-state index in [0.29, 0.717) is 35.5 Å². The van der Waals surface area contributed by atoms with Gasteiger partial charge >= 0.3 is 0 Å². The number of likely N-dealkylation sites (tertiary alicyclic amines) is 1. The molecule has 1 amide bonds. The van der Waals surface area contributed by atoms with Gasteiger partial charge in [0.2, 0.25) is 0 Å². The van der Waals surface area contributed by atoms with Crippen LogP contribution in [0.1, 0.15) is 37.3 Å². The van der Waals surface area contributed by atoms with Crippen molar-refractivity contribution in [3.63, 3.8) is 0 Å². The number of furan rings is 1. The smallest absolute Gasteiger partial charge is 0.253 e. The summed E-state index contributed by atoms with van der Waals surface area (Å²) in [7, 11) is 1.80. The van der Waals surface area contributed by atoms with E-state index in [-0.39, 0.29) is 5.78 Å². The number of hydrogen-bond donors (Lipinski definition) is 0. The molecule has 3 aliphatic rings. The number of anilines is 1. The van der Waals surface area contributed by atoms with Crippen LogP contribution >= 0.6 is 0 Å². The van der Waals surface area contributed by atoms with Gasteiger partial charge in [-0.3, -0.25) is 14.5 Å². The van der Waals surface area contributed by atoms with E-state index in [1.165, 1.54) is 0 Å². The molecule has 3 atom stereocenters. The summed E-state index contributed by atoms with van der Waals surface area (Å²) < 4.78 is 30.2. The van der Waals surface area contributed by atoms with Crippen molar-refractivity contribution < 1.29 is 18.1 Å². The van der Waals surface area contributed by atoms with Gasteiger partial charge in [0.15, 0.2) is 5.78 Å². The summed E-state index contributed by atoms with van der Waals surface area (Å²) in [6.45, 7) is -2.31. The molecule has 1 aliphatic carbocycles. The summed E-state index contributed by atoms with van der Waals surface area (Å²) in [5, 5.41) is 0. The molecule has 2 spiro atoms. The summed E-state index contributed by atoms with van der Waals surface area (Å²) in [4.78, 5) is 31.5. The molecule has 1 saturated heterocycles. The summed E-state index contributed by atoms with van der Waals surface area (Å²) in [6, 6.07) is 18.0. The van der Waals surface area contributed by atoms with Crippen molar-refractivity contribution in [3.8, 4) is 0 Å². The molecule has 1 aromatic heterocycles. The Bertz CT molecular complexity index is 1300. The lowest BCUT2D eigenvalue weighted by atomic mass is 9.59. The van der Waals surface area contributed by atoms with E-state index in [2.05, 4.69) is 0 Å². The zero-order valence-corrected chi connectivity index (χ0v) is 16.5. The molecule has 0 saturated carbocycles. The monoisotopic (exact) mass is 404 g/mol. The Morgan fingerprint density at radius 1 is 1.07 bits per heavy atom. The molecule has 0 bridgehead atoms. The summed E-state index contributed by atoms with van der Waals surface area (Å²) in [5.74, 6) is -0.524. The molecule has 150 valence electrons. The standard InChI is InChI=1S/C25H22N2O3/c1-26-15-19(21-12-7-13-30-21)24(14-16-8-3-4-9-17(16)22(24)28)25(26)18-10-5-6-11-20(18)27(2)23(25)29/h3-13,19H,14-15H2,1-2H3/t19-,24+,25+/m0/s1/i2T3. The molecule has 2 aliphatic heterocycles. The third-order valence-electron chi connectivity index (χ3n) is 7.34. The Morgan fingerprint density at radius 2 is 1.87 bits per heavy atom. The fraction of sp³-hybridized carbons (Fsp3) is 0.280.